The molecule has 0 radical (unpaired) electrons. The fourth-order valence-electron chi connectivity index (χ4n) is 4.62. The van der Waals surface area contributed by atoms with Gasteiger partial charge in [-0.15, -0.1) is 0 Å². The highest BCUT2D eigenvalue weighted by atomic mass is 32.1. The van der Waals surface area contributed by atoms with Gasteiger partial charge in [-0.3, -0.25) is 5.10 Å². The van der Waals surface area contributed by atoms with E-state index in [0.29, 0.717) is 13.2 Å². The third-order valence-electron chi connectivity index (χ3n) is 6.22. The molecule has 29 heavy (non-hydrogen) atoms. The summed E-state index contributed by atoms with van der Waals surface area (Å²) in [7, 11) is 0. The second-order valence-electron chi connectivity index (χ2n) is 8.18. The Hall–Kier alpha value is -2.50. The number of aryl methyl sites for hydroxylation is 1. The molecule has 3 aromatic rings. The van der Waals surface area contributed by atoms with E-state index in [1.54, 1.807) is 0 Å². The predicted molar refractivity (Wildman–Crippen MR) is 113 cm³/mol. The largest absolute Gasteiger partial charge is 0.377 e. The summed E-state index contributed by atoms with van der Waals surface area (Å²) >= 11 is 1.45. The molecule has 4 heterocycles. The standard InChI is InChI=1S/C21H24N6OS/c1-13-9-16(25-24-13)18-19-20(29-26-18)15(21(12-22)5-3-4-6-21)10-17(23-19)27-7-8-28-11-14(27)2/h9-10,14H,3-8,11H2,1-2H3,(H,24,25). The highest BCUT2D eigenvalue weighted by Crippen LogP contribution is 2.46. The summed E-state index contributed by atoms with van der Waals surface area (Å²) in [5, 5.41) is 17.5. The Morgan fingerprint density at radius 1 is 1.34 bits per heavy atom. The van der Waals surface area contributed by atoms with Gasteiger partial charge in [0.15, 0.2) is 0 Å². The first kappa shape index (κ1) is 18.5. The van der Waals surface area contributed by atoms with Crippen molar-refractivity contribution in [1.82, 2.24) is 19.6 Å². The van der Waals surface area contributed by atoms with Crippen LogP contribution >= 0.6 is 11.5 Å². The summed E-state index contributed by atoms with van der Waals surface area (Å²) < 4.78 is 11.4. The highest BCUT2D eigenvalue weighted by Gasteiger charge is 2.39. The molecule has 1 atom stereocenters. The minimum absolute atomic E-state index is 0.243. The number of aromatic nitrogens is 4. The minimum Gasteiger partial charge on any atom is -0.377 e. The monoisotopic (exact) mass is 408 g/mol. The van der Waals surface area contributed by atoms with Crippen LogP contribution in [0.1, 0.15) is 43.9 Å². The van der Waals surface area contributed by atoms with E-state index in [9.17, 15) is 5.26 Å². The molecule has 8 heteroatoms. The summed E-state index contributed by atoms with van der Waals surface area (Å²) in [5.41, 5.74) is 4.13. The molecule has 1 saturated heterocycles. The van der Waals surface area contributed by atoms with Gasteiger partial charge in [-0.05, 0) is 55.9 Å². The normalized spacial score (nSPS) is 21.6. The Morgan fingerprint density at radius 2 is 2.17 bits per heavy atom. The molecule has 1 aliphatic heterocycles. The van der Waals surface area contributed by atoms with E-state index in [4.69, 9.17) is 14.1 Å². The summed E-state index contributed by atoms with van der Waals surface area (Å²) in [6.07, 6.45) is 3.98. The van der Waals surface area contributed by atoms with E-state index >= 15 is 0 Å². The molecule has 0 spiro atoms. The molecule has 1 aliphatic carbocycles. The number of fused-ring (bicyclic) bond motifs is 1. The number of hydrogen-bond acceptors (Lipinski definition) is 7. The molecule has 3 aromatic heterocycles. The lowest BCUT2D eigenvalue weighted by Crippen LogP contribution is -2.44. The van der Waals surface area contributed by atoms with E-state index in [-0.39, 0.29) is 6.04 Å². The van der Waals surface area contributed by atoms with E-state index in [1.807, 2.05) is 13.0 Å². The molecule has 2 fully saturated rings. The number of morpholine rings is 1. The molecule has 0 aromatic carbocycles. The molecule has 0 bridgehead atoms. The first-order chi connectivity index (χ1) is 14.1. The van der Waals surface area contributed by atoms with Gasteiger partial charge in [-0.1, -0.05) is 12.8 Å². The second kappa shape index (κ2) is 7.08. The van der Waals surface area contributed by atoms with Gasteiger partial charge < -0.3 is 9.64 Å². The van der Waals surface area contributed by atoms with Gasteiger partial charge in [-0.25, -0.2) is 4.98 Å². The maximum Gasteiger partial charge on any atom is 0.130 e. The van der Waals surface area contributed by atoms with Crippen molar-refractivity contribution in [2.24, 2.45) is 0 Å². The first-order valence-corrected chi connectivity index (χ1v) is 11.0. The number of ether oxygens (including phenoxy) is 1. The lowest BCUT2D eigenvalue weighted by Gasteiger charge is -2.35. The smallest absolute Gasteiger partial charge is 0.130 e. The number of nitrogens with one attached hydrogen (secondary N) is 1. The van der Waals surface area contributed by atoms with Gasteiger partial charge in [0.05, 0.1) is 46.8 Å². The Labute approximate surface area is 173 Å². The van der Waals surface area contributed by atoms with Crippen molar-refractivity contribution in [2.45, 2.75) is 51.0 Å². The molecule has 1 unspecified atom stereocenters. The van der Waals surface area contributed by atoms with Crippen molar-refractivity contribution in [3.05, 3.63) is 23.4 Å². The number of aromatic amines is 1. The lowest BCUT2D eigenvalue weighted by atomic mass is 9.80. The molecule has 7 nitrogen and oxygen atoms in total. The first-order valence-electron chi connectivity index (χ1n) is 10.2. The van der Waals surface area contributed by atoms with Crippen LogP contribution in [-0.2, 0) is 10.2 Å². The third kappa shape index (κ3) is 3.00. The maximum atomic E-state index is 10.2. The van der Waals surface area contributed by atoms with E-state index < -0.39 is 5.41 Å². The molecule has 1 N–H and O–H groups in total. The number of pyridine rings is 1. The van der Waals surface area contributed by atoms with Crippen molar-refractivity contribution in [3.8, 4) is 17.5 Å². The summed E-state index contributed by atoms with van der Waals surface area (Å²) in [4.78, 5) is 7.35. The molecule has 5 rings (SSSR count). The number of H-pyrrole nitrogens is 1. The molecule has 150 valence electrons. The number of anilines is 1. The van der Waals surface area contributed by atoms with Crippen LogP contribution in [0.2, 0.25) is 0 Å². The van der Waals surface area contributed by atoms with Gasteiger partial charge in [-0.2, -0.15) is 14.7 Å². The predicted octanol–water partition coefficient (Wildman–Crippen LogP) is 3.95. The quantitative estimate of drug-likeness (QED) is 0.706. The summed E-state index contributed by atoms with van der Waals surface area (Å²) in [6.45, 7) is 6.29. The van der Waals surface area contributed by atoms with E-state index in [2.05, 4.69) is 34.2 Å². The Kier molecular flexibility index (Phi) is 4.52. The van der Waals surface area contributed by atoms with Crippen molar-refractivity contribution in [1.29, 1.82) is 5.26 Å². The Morgan fingerprint density at radius 3 is 2.86 bits per heavy atom. The number of nitriles is 1. The SMILES string of the molecule is Cc1cc(-c2nsc3c(C4(C#N)CCCC4)cc(N4CCOCC4C)nc23)[nH]n1. The zero-order valence-corrected chi connectivity index (χ0v) is 17.6. The van der Waals surface area contributed by atoms with Crippen LogP contribution < -0.4 is 4.90 Å². The van der Waals surface area contributed by atoms with Gasteiger partial charge >= 0.3 is 0 Å². The minimum atomic E-state index is -0.445. The topological polar surface area (TPSA) is 90.7 Å². The van der Waals surface area contributed by atoms with Crippen LogP contribution in [0, 0.1) is 18.3 Å². The average Bonchev–Trinajstić information content (AvgIpc) is 3.47. The highest BCUT2D eigenvalue weighted by molar-refractivity contribution is 7.13. The van der Waals surface area contributed by atoms with Crippen molar-refractivity contribution in [3.63, 3.8) is 0 Å². The maximum absolute atomic E-state index is 10.2. The Bertz CT molecular complexity index is 1090. The van der Waals surface area contributed by atoms with Gasteiger partial charge in [0.25, 0.3) is 0 Å². The van der Waals surface area contributed by atoms with Crippen LogP contribution in [0.15, 0.2) is 12.1 Å². The molecular formula is C21H24N6OS. The number of rotatable bonds is 3. The van der Waals surface area contributed by atoms with Gasteiger partial charge in [0.2, 0.25) is 0 Å². The number of nitrogens with zero attached hydrogens (tertiary/aromatic N) is 5. The molecule has 1 saturated carbocycles. The van der Waals surface area contributed by atoms with Gasteiger partial charge in [0, 0.05) is 6.54 Å². The van der Waals surface area contributed by atoms with E-state index in [1.165, 1.54) is 11.5 Å². The average molecular weight is 409 g/mol. The van der Waals surface area contributed by atoms with Crippen LogP contribution in [0.4, 0.5) is 5.82 Å². The van der Waals surface area contributed by atoms with Crippen molar-refractivity contribution in [2.75, 3.05) is 24.7 Å². The zero-order valence-electron chi connectivity index (χ0n) is 16.7. The zero-order chi connectivity index (χ0) is 20.0. The third-order valence-corrected chi connectivity index (χ3v) is 7.09. The summed E-state index contributed by atoms with van der Waals surface area (Å²) in [5.74, 6) is 0.919. The molecule has 0 amide bonds. The van der Waals surface area contributed by atoms with Crippen LogP contribution in [-0.4, -0.2) is 45.4 Å². The van der Waals surface area contributed by atoms with E-state index in [0.717, 1.165) is 70.9 Å². The molecule has 2 aliphatic rings. The Balaban J connectivity index is 1.74. The van der Waals surface area contributed by atoms with Crippen LogP contribution in [0.5, 0.6) is 0 Å². The lowest BCUT2D eigenvalue weighted by molar-refractivity contribution is 0.0985. The van der Waals surface area contributed by atoms with Gasteiger partial charge in [0.1, 0.15) is 17.0 Å². The van der Waals surface area contributed by atoms with Crippen molar-refractivity contribution < 1.29 is 4.74 Å². The molecular weight excluding hydrogens is 384 g/mol. The fourth-order valence-corrected chi connectivity index (χ4v) is 5.57. The second-order valence-corrected chi connectivity index (χ2v) is 8.95. The fraction of sp³-hybridized carbons (Fsp3) is 0.524. The van der Waals surface area contributed by atoms with Crippen LogP contribution in [0.3, 0.4) is 0 Å². The summed E-state index contributed by atoms with van der Waals surface area (Å²) in [6, 6.07) is 7.06. The van der Waals surface area contributed by atoms with Crippen molar-refractivity contribution >= 4 is 27.6 Å². The number of hydrogen-bond donors (Lipinski definition) is 1. The van der Waals surface area contributed by atoms with Crippen LogP contribution in [0.25, 0.3) is 21.6 Å².